The van der Waals surface area contributed by atoms with E-state index < -0.39 is 0 Å². The van der Waals surface area contributed by atoms with Gasteiger partial charge in [0.05, 0.1) is 11.6 Å². The SMILES string of the molecule is Cc1ccc(C(C)Nc2ccc(C(=O)Nc3nncs3)cn2)cc1F. The van der Waals surface area contributed by atoms with Crippen LogP contribution < -0.4 is 10.6 Å². The number of carbonyl (C=O) groups excluding carboxylic acids is 1. The zero-order valence-corrected chi connectivity index (χ0v) is 14.5. The summed E-state index contributed by atoms with van der Waals surface area (Å²) in [4.78, 5) is 16.3. The molecule has 0 aliphatic rings. The first-order valence-electron chi connectivity index (χ1n) is 7.59. The molecular weight excluding hydrogens is 341 g/mol. The summed E-state index contributed by atoms with van der Waals surface area (Å²) in [5.74, 6) is 0.0632. The van der Waals surface area contributed by atoms with Crippen LogP contribution in [0.15, 0.2) is 42.0 Å². The number of halogens is 1. The Morgan fingerprint density at radius 2 is 2.12 bits per heavy atom. The van der Waals surface area contributed by atoms with Crippen molar-refractivity contribution in [3.63, 3.8) is 0 Å². The van der Waals surface area contributed by atoms with Crippen LogP contribution in [-0.2, 0) is 0 Å². The number of carbonyl (C=O) groups is 1. The molecule has 0 radical (unpaired) electrons. The van der Waals surface area contributed by atoms with Gasteiger partial charge in [0, 0.05) is 6.20 Å². The zero-order valence-electron chi connectivity index (χ0n) is 13.7. The molecule has 6 nitrogen and oxygen atoms in total. The maximum atomic E-state index is 13.7. The van der Waals surface area contributed by atoms with Crippen LogP contribution in [0.2, 0.25) is 0 Å². The lowest BCUT2D eigenvalue weighted by Crippen LogP contribution is -2.13. The molecule has 2 N–H and O–H groups in total. The highest BCUT2D eigenvalue weighted by molar-refractivity contribution is 7.13. The number of aromatic nitrogens is 3. The van der Waals surface area contributed by atoms with Crippen molar-refractivity contribution in [2.24, 2.45) is 0 Å². The fourth-order valence-corrected chi connectivity index (χ4v) is 2.63. The number of hydrogen-bond acceptors (Lipinski definition) is 6. The van der Waals surface area contributed by atoms with Crippen molar-refractivity contribution >= 4 is 28.2 Å². The second-order valence-corrected chi connectivity index (χ2v) is 6.34. The Morgan fingerprint density at radius 1 is 1.28 bits per heavy atom. The Labute approximate surface area is 148 Å². The largest absolute Gasteiger partial charge is 0.364 e. The average Bonchev–Trinajstić information content (AvgIpc) is 3.11. The molecule has 2 aromatic heterocycles. The summed E-state index contributed by atoms with van der Waals surface area (Å²) in [7, 11) is 0. The second kappa shape index (κ2) is 7.35. The van der Waals surface area contributed by atoms with Crippen molar-refractivity contribution in [1.29, 1.82) is 0 Å². The van der Waals surface area contributed by atoms with E-state index in [9.17, 15) is 9.18 Å². The summed E-state index contributed by atoms with van der Waals surface area (Å²) in [5.41, 5.74) is 3.38. The van der Waals surface area contributed by atoms with E-state index in [0.29, 0.717) is 22.1 Å². The van der Waals surface area contributed by atoms with Gasteiger partial charge in [-0.2, -0.15) is 0 Å². The summed E-state index contributed by atoms with van der Waals surface area (Å²) >= 11 is 1.24. The number of pyridine rings is 1. The Balaban J connectivity index is 1.65. The van der Waals surface area contributed by atoms with E-state index in [1.165, 1.54) is 29.1 Å². The van der Waals surface area contributed by atoms with E-state index in [-0.39, 0.29) is 17.8 Å². The van der Waals surface area contributed by atoms with Crippen molar-refractivity contribution in [2.45, 2.75) is 19.9 Å². The van der Waals surface area contributed by atoms with E-state index in [0.717, 1.165) is 5.56 Å². The summed E-state index contributed by atoms with van der Waals surface area (Å²) in [6.07, 6.45) is 1.47. The number of anilines is 2. The third-order valence-corrected chi connectivity index (χ3v) is 4.27. The third kappa shape index (κ3) is 4.16. The Bertz CT molecular complexity index is 867. The average molecular weight is 357 g/mol. The van der Waals surface area contributed by atoms with Crippen molar-refractivity contribution in [3.05, 3.63) is 64.5 Å². The molecule has 0 saturated heterocycles. The quantitative estimate of drug-likeness (QED) is 0.726. The van der Waals surface area contributed by atoms with Gasteiger partial charge in [-0.1, -0.05) is 23.5 Å². The highest BCUT2D eigenvalue weighted by Crippen LogP contribution is 2.20. The van der Waals surface area contributed by atoms with Gasteiger partial charge in [0.15, 0.2) is 0 Å². The number of hydrogen-bond donors (Lipinski definition) is 2. The molecule has 1 atom stereocenters. The fourth-order valence-electron chi connectivity index (χ4n) is 2.19. The first-order valence-corrected chi connectivity index (χ1v) is 8.47. The number of nitrogens with zero attached hydrogens (tertiary/aromatic N) is 3. The predicted molar refractivity (Wildman–Crippen MR) is 95.3 cm³/mol. The fraction of sp³-hybridized carbons (Fsp3) is 0.176. The number of benzene rings is 1. The van der Waals surface area contributed by atoms with Crippen LogP contribution in [0.1, 0.15) is 34.5 Å². The molecule has 0 spiro atoms. The summed E-state index contributed by atoms with van der Waals surface area (Å²) in [5, 5.41) is 13.7. The predicted octanol–water partition coefficient (Wildman–Crippen LogP) is 3.81. The molecule has 0 bridgehead atoms. The van der Waals surface area contributed by atoms with Gasteiger partial charge in [-0.3, -0.25) is 10.1 Å². The molecule has 0 aliphatic heterocycles. The molecule has 0 saturated carbocycles. The van der Waals surface area contributed by atoms with Gasteiger partial charge in [-0.15, -0.1) is 10.2 Å². The van der Waals surface area contributed by atoms with E-state index in [1.807, 2.05) is 13.0 Å². The highest BCUT2D eigenvalue weighted by Gasteiger charge is 2.11. The van der Waals surface area contributed by atoms with Gasteiger partial charge < -0.3 is 5.32 Å². The molecule has 3 rings (SSSR count). The highest BCUT2D eigenvalue weighted by atomic mass is 32.1. The van der Waals surface area contributed by atoms with Gasteiger partial charge in [0.25, 0.3) is 5.91 Å². The van der Waals surface area contributed by atoms with Crippen molar-refractivity contribution in [2.75, 3.05) is 10.6 Å². The number of rotatable bonds is 5. The first kappa shape index (κ1) is 17.0. The van der Waals surface area contributed by atoms with Crippen LogP contribution in [0.25, 0.3) is 0 Å². The molecule has 2 heterocycles. The van der Waals surface area contributed by atoms with Gasteiger partial charge in [0.1, 0.15) is 17.1 Å². The summed E-state index contributed by atoms with van der Waals surface area (Å²) in [6, 6.07) is 8.38. The van der Waals surface area contributed by atoms with Crippen LogP contribution in [0, 0.1) is 12.7 Å². The van der Waals surface area contributed by atoms with Crippen molar-refractivity contribution < 1.29 is 9.18 Å². The van der Waals surface area contributed by atoms with E-state index >= 15 is 0 Å². The molecule has 1 aromatic carbocycles. The number of amides is 1. The second-order valence-electron chi connectivity index (χ2n) is 5.50. The molecule has 1 unspecified atom stereocenters. The smallest absolute Gasteiger partial charge is 0.259 e. The zero-order chi connectivity index (χ0) is 17.8. The van der Waals surface area contributed by atoms with Crippen molar-refractivity contribution in [3.8, 4) is 0 Å². The van der Waals surface area contributed by atoms with Crippen LogP contribution in [-0.4, -0.2) is 21.1 Å². The number of aryl methyl sites for hydroxylation is 1. The lowest BCUT2D eigenvalue weighted by molar-refractivity contribution is 0.102. The minimum atomic E-state index is -0.301. The molecule has 0 aliphatic carbocycles. The Hall–Kier alpha value is -2.87. The van der Waals surface area contributed by atoms with E-state index in [4.69, 9.17) is 0 Å². The normalized spacial score (nSPS) is 11.8. The van der Waals surface area contributed by atoms with E-state index in [1.54, 1.807) is 25.1 Å². The third-order valence-electron chi connectivity index (χ3n) is 3.67. The van der Waals surface area contributed by atoms with E-state index in [2.05, 4.69) is 25.8 Å². The van der Waals surface area contributed by atoms with Gasteiger partial charge in [-0.25, -0.2) is 9.37 Å². The maximum absolute atomic E-state index is 13.7. The van der Waals surface area contributed by atoms with Crippen LogP contribution >= 0.6 is 11.3 Å². The molecule has 128 valence electrons. The molecule has 8 heteroatoms. The maximum Gasteiger partial charge on any atom is 0.259 e. The van der Waals surface area contributed by atoms with Crippen LogP contribution in [0.5, 0.6) is 0 Å². The summed E-state index contributed by atoms with van der Waals surface area (Å²) in [6.45, 7) is 3.65. The molecule has 1 amide bonds. The monoisotopic (exact) mass is 357 g/mol. The van der Waals surface area contributed by atoms with Crippen LogP contribution in [0.3, 0.4) is 0 Å². The topological polar surface area (TPSA) is 79.8 Å². The molecular formula is C17H16FN5OS. The number of nitrogens with one attached hydrogen (secondary N) is 2. The van der Waals surface area contributed by atoms with Crippen molar-refractivity contribution in [1.82, 2.24) is 15.2 Å². The Morgan fingerprint density at radius 3 is 2.76 bits per heavy atom. The standard InChI is InChI=1S/C17H16FN5OS/c1-10-3-4-12(7-14(10)18)11(2)21-15-6-5-13(8-19-15)16(24)22-17-23-20-9-25-17/h3-9,11H,1-2H3,(H,19,21)(H,22,23,24). The Kier molecular flexibility index (Phi) is 4.99. The molecule has 3 aromatic rings. The minimum absolute atomic E-state index is 0.122. The van der Waals surface area contributed by atoms with Crippen LogP contribution in [0.4, 0.5) is 15.3 Å². The lowest BCUT2D eigenvalue weighted by Gasteiger charge is -2.15. The van der Waals surface area contributed by atoms with Gasteiger partial charge in [-0.05, 0) is 43.2 Å². The molecule has 0 fully saturated rings. The summed E-state index contributed by atoms with van der Waals surface area (Å²) < 4.78 is 13.7. The van der Waals surface area contributed by atoms with Gasteiger partial charge >= 0.3 is 0 Å². The molecule has 25 heavy (non-hydrogen) atoms. The minimum Gasteiger partial charge on any atom is -0.364 e. The lowest BCUT2D eigenvalue weighted by atomic mass is 10.1. The first-order chi connectivity index (χ1) is 12.0. The van der Waals surface area contributed by atoms with Gasteiger partial charge in [0.2, 0.25) is 5.13 Å².